The average Bonchev–Trinajstić information content (AvgIpc) is 2.87. The van der Waals surface area contributed by atoms with E-state index < -0.39 is 0 Å². The van der Waals surface area contributed by atoms with Crippen molar-refractivity contribution in [3.05, 3.63) is 83.6 Å². The number of anilines is 2. The van der Waals surface area contributed by atoms with Crippen molar-refractivity contribution in [1.29, 1.82) is 0 Å². The highest BCUT2D eigenvalue weighted by Crippen LogP contribution is 2.38. The molecule has 2 amide bonds. The first kappa shape index (κ1) is 22.8. The fraction of sp³-hybridized carbons (Fsp3) is 0.148. The molecule has 0 aliphatic rings. The van der Waals surface area contributed by atoms with E-state index >= 15 is 0 Å². The summed E-state index contributed by atoms with van der Waals surface area (Å²) in [7, 11) is 4.81. The highest BCUT2D eigenvalue weighted by molar-refractivity contribution is 6.09. The molecule has 0 unspecified atom stereocenters. The first-order chi connectivity index (χ1) is 16.5. The third-order valence-corrected chi connectivity index (χ3v) is 5.71. The Hall–Kier alpha value is -4.39. The van der Waals surface area contributed by atoms with Crippen LogP contribution in [0.2, 0.25) is 0 Å². The van der Waals surface area contributed by atoms with Crippen molar-refractivity contribution in [1.82, 2.24) is 15.6 Å². The molecule has 0 saturated heterocycles. The summed E-state index contributed by atoms with van der Waals surface area (Å²) < 4.78 is 5.68. The van der Waals surface area contributed by atoms with Crippen LogP contribution in [0.4, 0.5) is 11.4 Å². The molecule has 1 aromatic heterocycles. The van der Waals surface area contributed by atoms with Crippen molar-refractivity contribution >= 4 is 34.1 Å². The zero-order valence-electron chi connectivity index (χ0n) is 19.5. The fourth-order valence-corrected chi connectivity index (χ4v) is 3.94. The van der Waals surface area contributed by atoms with Crippen LogP contribution in [0.3, 0.4) is 0 Å². The molecule has 0 spiro atoms. The molecular weight excluding hydrogens is 428 g/mol. The number of nitrogens with zero attached hydrogens (tertiary/aromatic N) is 1. The summed E-state index contributed by atoms with van der Waals surface area (Å²) in [5.74, 6) is 0.268. The molecule has 7 nitrogen and oxygen atoms in total. The number of fused-ring (bicyclic) bond motifs is 1. The smallest absolute Gasteiger partial charge is 0.254 e. The molecule has 0 saturated carbocycles. The van der Waals surface area contributed by atoms with Gasteiger partial charge in [0, 0.05) is 48.6 Å². The Kier molecular flexibility index (Phi) is 6.45. The van der Waals surface area contributed by atoms with Gasteiger partial charge in [-0.25, -0.2) is 0 Å². The van der Waals surface area contributed by atoms with Gasteiger partial charge in [-0.1, -0.05) is 30.3 Å². The van der Waals surface area contributed by atoms with E-state index in [1.54, 1.807) is 33.5 Å². The monoisotopic (exact) mass is 454 g/mol. The Morgan fingerprint density at radius 3 is 2.24 bits per heavy atom. The number of methoxy groups -OCH3 is 1. The first-order valence-corrected chi connectivity index (χ1v) is 10.8. The Bertz CT molecular complexity index is 1380. The van der Waals surface area contributed by atoms with Crippen molar-refractivity contribution in [3.63, 3.8) is 0 Å². The molecule has 3 aromatic carbocycles. The summed E-state index contributed by atoms with van der Waals surface area (Å²) in [5, 5.41) is 9.52. The molecule has 0 fully saturated rings. The lowest BCUT2D eigenvalue weighted by Gasteiger charge is -2.17. The van der Waals surface area contributed by atoms with E-state index in [1.807, 2.05) is 61.5 Å². The average molecular weight is 455 g/mol. The summed E-state index contributed by atoms with van der Waals surface area (Å²) in [6, 6.07) is 19.1. The minimum absolute atomic E-state index is 0.136. The molecule has 4 aromatic rings. The molecule has 34 heavy (non-hydrogen) atoms. The lowest BCUT2D eigenvalue weighted by molar-refractivity contribution is 0.0955. The number of rotatable bonds is 6. The van der Waals surface area contributed by atoms with Gasteiger partial charge in [0.15, 0.2) is 0 Å². The quantitative estimate of drug-likeness (QED) is 0.393. The van der Waals surface area contributed by atoms with Gasteiger partial charge >= 0.3 is 0 Å². The molecule has 1 heterocycles. The maximum absolute atomic E-state index is 12.7. The maximum Gasteiger partial charge on any atom is 0.254 e. The summed E-state index contributed by atoms with van der Waals surface area (Å²) in [6.45, 7) is 1.90. The fourth-order valence-electron chi connectivity index (χ4n) is 3.94. The largest absolute Gasteiger partial charge is 0.496 e. The van der Waals surface area contributed by atoms with Crippen molar-refractivity contribution in [3.8, 4) is 16.9 Å². The van der Waals surface area contributed by atoms with Crippen LogP contribution in [0.25, 0.3) is 22.0 Å². The maximum atomic E-state index is 12.7. The molecule has 0 radical (unpaired) electrons. The van der Waals surface area contributed by atoms with E-state index in [2.05, 4.69) is 20.9 Å². The van der Waals surface area contributed by atoms with Crippen LogP contribution in [-0.4, -0.2) is 38.0 Å². The highest BCUT2D eigenvalue weighted by Gasteiger charge is 2.19. The number of nitrogens with one attached hydrogen (secondary N) is 3. The van der Waals surface area contributed by atoms with E-state index in [0.717, 1.165) is 27.8 Å². The van der Waals surface area contributed by atoms with Gasteiger partial charge in [-0.05, 0) is 42.3 Å². The molecule has 0 aliphatic carbocycles. The SMILES string of the molecule is CNC(=O)c1ccc(-c2cc3c(Nc4ccccc4)c(C(=O)NC)cnc3cc2OC)cc1C. The Morgan fingerprint density at radius 2 is 1.59 bits per heavy atom. The molecule has 0 bridgehead atoms. The molecule has 0 aliphatic heterocycles. The number of benzene rings is 3. The molecule has 7 heteroatoms. The highest BCUT2D eigenvalue weighted by atomic mass is 16.5. The van der Waals surface area contributed by atoms with Crippen LogP contribution < -0.4 is 20.7 Å². The number of carbonyl (C=O) groups excluding carboxylic acids is 2. The molecule has 4 rings (SSSR count). The second kappa shape index (κ2) is 9.62. The van der Waals surface area contributed by atoms with Crippen molar-refractivity contribution in [2.75, 3.05) is 26.5 Å². The Morgan fingerprint density at radius 1 is 0.882 bits per heavy atom. The second-order valence-electron chi connectivity index (χ2n) is 7.80. The van der Waals surface area contributed by atoms with Crippen LogP contribution >= 0.6 is 0 Å². The Labute approximate surface area is 198 Å². The van der Waals surface area contributed by atoms with Crippen molar-refractivity contribution in [2.24, 2.45) is 0 Å². The number of para-hydroxylation sites is 1. The standard InChI is InChI=1S/C27H26N4O3/c1-16-12-17(10-11-19(16)26(32)28-2)20-13-21-23(14-24(20)34-4)30-15-22(27(33)29-3)25(21)31-18-8-6-5-7-9-18/h5-15H,1-4H3,(H,28,32)(H,29,33)(H,30,31). The van der Waals surface area contributed by atoms with Crippen molar-refractivity contribution < 1.29 is 14.3 Å². The summed E-state index contributed by atoms with van der Waals surface area (Å²) in [4.78, 5) is 29.3. The minimum Gasteiger partial charge on any atom is -0.496 e. The molecule has 3 N–H and O–H groups in total. The zero-order valence-corrected chi connectivity index (χ0v) is 19.5. The van der Waals surface area contributed by atoms with Crippen LogP contribution in [0, 0.1) is 6.92 Å². The van der Waals surface area contributed by atoms with Crippen molar-refractivity contribution in [2.45, 2.75) is 6.92 Å². The van der Waals surface area contributed by atoms with Crippen LogP contribution in [0.5, 0.6) is 5.75 Å². The van der Waals surface area contributed by atoms with E-state index in [4.69, 9.17) is 4.74 Å². The van der Waals surface area contributed by atoms with Gasteiger partial charge in [-0.2, -0.15) is 0 Å². The van der Waals surface area contributed by atoms with E-state index in [9.17, 15) is 9.59 Å². The van der Waals surface area contributed by atoms with E-state index in [1.165, 1.54) is 0 Å². The molecule has 172 valence electrons. The summed E-state index contributed by atoms with van der Waals surface area (Å²) in [6.07, 6.45) is 1.56. The van der Waals surface area contributed by atoms with Gasteiger partial charge in [0.25, 0.3) is 11.8 Å². The second-order valence-corrected chi connectivity index (χ2v) is 7.80. The van der Waals surface area contributed by atoms with Gasteiger partial charge < -0.3 is 20.7 Å². The zero-order chi connectivity index (χ0) is 24.2. The number of hydrogen-bond donors (Lipinski definition) is 3. The van der Waals surface area contributed by atoms with Crippen LogP contribution in [0.15, 0.2) is 66.9 Å². The normalized spacial score (nSPS) is 10.6. The number of aromatic nitrogens is 1. The Balaban J connectivity index is 1.95. The number of ether oxygens (including phenoxy) is 1. The molecular formula is C27H26N4O3. The lowest BCUT2D eigenvalue weighted by Crippen LogP contribution is -2.19. The third kappa shape index (κ3) is 4.28. The summed E-state index contributed by atoms with van der Waals surface area (Å²) in [5.41, 5.74) is 5.79. The van der Waals surface area contributed by atoms with Crippen LogP contribution in [-0.2, 0) is 0 Å². The number of pyridine rings is 1. The molecule has 0 atom stereocenters. The number of aryl methyl sites for hydroxylation is 1. The van der Waals surface area contributed by atoms with Gasteiger partial charge in [0.1, 0.15) is 5.75 Å². The lowest BCUT2D eigenvalue weighted by atomic mass is 9.96. The topological polar surface area (TPSA) is 92.4 Å². The number of amides is 2. The van der Waals surface area contributed by atoms with Gasteiger partial charge in [-0.15, -0.1) is 0 Å². The minimum atomic E-state index is -0.240. The van der Waals surface area contributed by atoms with Crippen LogP contribution in [0.1, 0.15) is 26.3 Å². The predicted octanol–water partition coefficient (Wildman–Crippen LogP) is 4.68. The van der Waals surface area contributed by atoms with Gasteiger partial charge in [0.05, 0.1) is 23.9 Å². The predicted molar refractivity (Wildman–Crippen MR) is 135 cm³/mol. The van der Waals surface area contributed by atoms with Gasteiger partial charge in [-0.3, -0.25) is 14.6 Å². The number of hydrogen-bond acceptors (Lipinski definition) is 5. The van der Waals surface area contributed by atoms with E-state index in [0.29, 0.717) is 28.1 Å². The first-order valence-electron chi connectivity index (χ1n) is 10.8. The van der Waals surface area contributed by atoms with Gasteiger partial charge in [0.2, 0.25) is 0 Å². The summed E-state index contributed by atoms with van der Waals surface area (Å²) >= 11 is 0. The number of carbonyl (C=O) groups is 2. The third-order valence-electron chi connectivity index (χ3n) is 5.71. The van der Waals surface area contributed by atoms with E-state index in [-0.39, 0.29) is 11.8 Å².